The van der Waals surface area contributed by atoms with Gasteiger partial charge in [-0.1, -0.05) is 27.7 Å². The maximum Gasteiger partial charge on any atom is 0.481 e. The minimum absolute atomic E-state index is 0.0119. The zero-order valence-corrected chi connectivity index (χ0v) is 21.9. The van der Waals surface area contributed by atoms with E-state index in [-0.39, 0.29) is 23.9 Å². The summed E-state index contributed by atoms with van der Waals surface area (Å²) in [6.45, 7) is 16.0. The molecule has 6 atom stereocenters. The number of amides is 3. The van der Waals surface area contributed by atoms with Gasteiger partial charge in [-0.05, 0) is 70.1 Å². The van der Waals surface area contributed by atoms with E-state index in [0.29, 0.717) is 18.3 Å². The average Bonchev–Trinajstić information content (AvgIpc) is 3.01. The molecule has 3 aliphatic carbocycles. The van der Waals surface area contributed by atoms with Crippen molar-refractivity contribution >= 4 is 25.0 Å². The summed E-state index contributed by atoms with van der Waals surface area (Å²) in [5.41, 5.74) is 4.42. The van der Waals surface area contributed by atoms with Crippen molar-refractivity contribution < 1.29 is 28.4 Å². The molecule has 0 aromatic heterocycles. The molecule has 4 rings (SSSR count). The maximum atomic E-state index is 13.2. The molecule has 0 unspecified atom stereocenters. The number of ether oxygens (including phenoxy) is 1. The monoisotopic (exact) mass is 479 g/mol. The molecule has 9 nitrogen and oxygen atoms in total. The Morgan fingerprint density at radius 1 is 1.15 bits per heavy atom. The smallest absolute Gasteiger partial charge is 0.444 e. The quantitative estimate of drug-likeness (QED) is 0.459. The number of rotatable bonds is 8. The van der Waals surface area contributed by atoms with Gasteiger partial charge in [0.05, 0.1) is 24.1 Å². The van der Waals surface area contributed by atoms with Crippen LogP contribution in [0.25, 0.3) is 0 Å². The standard InChI is InChI=1S/C24H42BN3O6/c1-13(2)9-18(25-33-17-11-14-10-16(23(14,6)7)24(17,8)34-25)28-20(30)15(12-19(26)29)27-21(31)32-22(3,4)5/h13-18H,9-12H2,1-8H3,(H2,26,29)(H,27,31)(H,28,30)/t14-,15-,16-,17+,18-,24-/m0/s1. The van der Waals surface area contributed by atoms with Crippen molar-refractivity contribution in [3.63, 3.8) is 0 Å². The summed E-state index contributed by atoms with van der Waals surface area (Å²) in [6.07, 6.45) is 1.56. The second-order valence-electron chi connectivity index (χ2n) is 12.5. The summed E-state index contributed by atoms with van der Waals surface area (Å²) in [7, 11) is -0.604. The van der Waals surface area contributed by atoms with Crippen molar-refractivity contribution in [2.75, 3.05) is 0 Å². The van der Waals surface area contributed by atoms with Crippen LogP contribution in [0.15, 0.2) is 0 Å². The molecule has 1 saturated heterocycles. The molecule has 10 heteroatoms. The first-order valence-electron chi connectivity index (χ1n) is 12.4. The molecule has 0 spiro atoms. The van der Waals surface area contributed by atoms with Gasteiger partial charge in [0.1, 0.15) is 11.6 Å². The first kappa shape index (κ1) is 26.8. The van der Waals surface area contributed by atoms with Gasteiger partial charge >= 0.3 is 13.2 Å². The average molecular weight is 479 g/mol. The predicted octanol–water partition coefficient (Wildman–Crippen LogP) is 2.55. The van der Waals surface area contributed by atoms with Crippen LogP contribution in [-0.2, 0) is 23.6 Å². The van der Waals surface area contributed by atoms with Crippen LogP contribution >= 0.6 is 0 Å². The first-order chi connectivity index (χ1) is 15.5. The maximum absolute atomic E-state index is 13.2. The van der Waals surface area contributed by atoms with Gasteiger partial charge in [0.25, 0.3) is 0 Å². The van der Waals surface area contributed by atoms with Crippen LogP contribution in [0.5, 0.6) is 0 Å². The van der Waals surface area contributed by atoms with Gasteiger partial charge in [0, 0.05) is 0 Å². The van der Waals surface area contributed by atoms with Crippen molar-refractivity contribution in [1.29, 1.82) is 0 Å². The molecule has 4 fully saturated rings. The number of alkyl carbamates (subject to hydrolysis) is 1. The Balaban J connectivity index is 1.73. The van der Waals surface area contributed by atoms with Gasteiger partial charge in [-0.25, -0.2) is 4.79 Å². The fourth-order valence-electron chi connectivity index (χ4n) is 5.96. The molecule has 3 amide bonds. The van der Waals surface area contributed by atoms with E-state index in [1.54, 1.807) is 20.8 Å². The van der Waals surface area contributed by atoms with Crippen LogP contribution in [-0.4, -0.2) is 54.3 Å². The molecule has 4 aliphatic rings. The number of hydrogen-bond donors (Lipinski definition) is 3. The largest absolute Gasteiger partial charge is 0.481 e. The lowest BCUT2D eigenvalue weighted by Gasteiger charge is -2.64. The Labute approximate surface area is 203 Å². The van der Waals surface area contributed by atoms with Crippen molar-refractivity contribution in [2.24, 2.45) is 28.9 Å². The van der Waals surface area contributed by atoms with Crippen LogP contribution < -0.4 is 16.4 Å². The fourth-order valence-corrected chi connectivity index (χ4v) is 5.96. The van der Waals surface area contributed by atoms with Crippen LogP contribution in [0.3, 0.4) is 0 Å². The highest BCUT2D eigenvalue weighted by molar-refractivity contribution is 6.48. The molecular weight excluding hydrogens is 437 g/mol. The fraction of sp³-hybridized carbons (Fsp3) is 0.875. The van der Waals surface area contributed by atoms with E-state index in [1.807, 2.05) is 0 Å². The molecule has 1 heterocycles. The molecule has 3 saturated carbocycles. The lowest BCUT2D eigenvalue weighted by molar-refractivity contribution is -0.199. The molecule has 192 valence electrons. The Kier molecular flexibility index (Phi) is 7.36. The third kappa shape index (κ3) is 5.53. The highest BCUT2D eigenvalue weighted by atomic mass is 16.7. The molecular formula is C24H42BN3O6. The SMILES string of the molecule is CC(C)C[C@H](NC(=O)[C@H](CC(N)=O)NC(=O)OC(C)(C)C)B1O[C@@H]2C[C@@H]3C[C@@H](C3(C)C)[C@]2(C)O1. The van der Waals surface area contributed by atoms with Crippen molar-refractivity contribution in [2.45, 2.75) is 110 Å². The summed E-state index contributed by atoms with van der Waals surface area (Å²) in [4.78, 5) is 37.1. The lowest BCUT2D eigenvalue weighted by Crippen LogP contribution is -2.65. The number of primary amides is 1. The first-order valence-corrected chi connectivity index (χ1v) is 12.4. The van der Waals surface area contributed by atoms with E-state index < -0.39 is 48.2 Å². The molecule has 0 aromatic carbocycles. The molecule has 0 radical (unpaired) electrons. The normalized spacial score (nSPS) is 31.2. The van der Waals surface area contributed by atoms with Crippen molar-refractivity contribution in [1.82, 2.24) is 10.6 Å². The van der Waals surface area contributed by atoms with Gasteiger partial charge in [0.2, 0.25) is 11.8 Å². The number of carbonyl (C=O) groups excluding carboxylic acids is 3. The number of carbonyl (C=O) groups is 3. The highest BCUT2D eigenvalue weighted by Crippen LogP contribution is 2.65. The summed E-state index contributed by atoms with van der Waals surface area (Å²) in [6, 6.07) is -1.16. The van der Waals surface area contributed by atoms with Gasteiger partial charge in [-0.3, -0.25) is 9.59 Å². The molecule has 0 aromatic rings. The summed E-state index contributed by atoms with van der Waals surface area (Å²) in [5, 5.41) is 5.45. The predicted molar refractivity (Wildman–Crippen MR) is 128 cm³/mol. The number of hydrogen-bond acceptors (Lipinski definition) is 6. The van der Waals surface area contributed by atoms with E-state index >= 15 is 0 Å². The zero-order chi connectivity index (χ0) is 25.6. The number of nitrogens with two attached hydrogens (primary N) is 1. The molecule has 1 aliphatic heterocycles. The second-order valence-corrected chi connectivity index (χ2v) is 12.5. The zero-order valence-electron chi connectivity index (χ0n) is 21.9. The Bertz CT molecular complexity index is 813. The van der Waals surface area contributed by atoms with Crippen LogP contribution in [0.1, 0.15) is 81.1 Å². The minimum Gasteiger partial charge on any atom is -0.444 e. The van der Waals surface area contributed by atoms with Crippen molar-refractivity contribution in [3.05, 3.63) is 0 Å². The van der Waals surface area contributed by atoms with E-state index in [0.717, 1.165) is 12.8 Å². The third-order valence-corrected chi connectivity index (χ3v) is 7.76. The number of nitrogens with one attached hydrogen (secondary N) is 2. The van der Waals surface area contributed by atoms with Crippen LogP contribution in [0.4, 0.5) is 4.79 Å². The highest BCUT2D eigenvalue weighted by Gasteiger charge is 2.68. The molecule has 4 N–H and O–H groups in total. The van der Waals surface area contributed by atoms with Gasteiger partial charge in [0.15, 0.2) is 0 Å². The summed E-state index contributed by atoms with van der Waals surface area (Å²) >= 11 is 0. The molecule has 2 bridgehead atoms. The van der Waals surface area contributed by atoms with Gasteiger partial charge in [-0.15, -0.1) is 0 Å². The summed E-state index contributed by atoms with van der Waals surface area (Å²) < 4.78 is 18.2. The van der Waals surface area contributed by atoms with E-state index in [1.165, 1.54) is 0 Å². The van der Waals surface area contributed by atoms with E-state index in [4.69, 9.17) is 19.8 Å². The van der Waals surface area contributed by atoms with E-state index in [9.17, 15) is 14.4 Å². The van der Waals surface area contributed by atoms with Crippen LogP contribution in [0.2, 0.25) is 0 Å². The topological polar surface area (TPSA) is 129 Å². The minimum atomic E-state index is -1.16. The van der Waals surface area contributed by atoms with Crippen molar-refractivity contribution in [3.8, 4) is 0 Å². The van der Waals surface area contributed by atoms with Gasteiger partial charge in [-0.2, -0.15) is 0 Å². The van der Waals surface area contributed by atoms with Gasteiger partial charge < -0.3 is 30.4 Å². The second kappa shape index (κ2) is 9.34. The van der Waals surface area contributed by atoms with E-state index in [2.05, 4.69) is 45.3 Å². The Morgan fingerprint density at radius 3 is 2.32 bits per heavy atom. The Hall–Kier alpha value is -1.81. The lowest BCUT2D eigenvalue weighted by atomic mass is 9.43. The summed E-state index contributed by atoms with van der Waals surface area (Å²) in [5.74, 6) is -0.384. The third-order valence-electron chi connectivity index (χ3n) is 7.76. The van der Waals surface area contributed by atoms with Crippen LogP contribution in [0, 0.1) is 23.2 Å². The molecule has 34 heavy (non-hydrogen) atoms. The Morgan fingerprint density at radius 2 is 1.79 bits per heavy atom.